The lowest BCUT2D eigenvalue weighted by Crippen LogP contribution is -2.54. The summed E-state index contributed by atoms with van der Waals surface area (Å²) in [6.45, 7) is 14.3. The zero-order chi connectivity index (χ0) is 10.7. The maximum absolute atomic E-state index is 2.68. The molecule has 1 saturated heterocycles. The molecule has 14 heavy (non-hydrogen) atoms. The predicted molar refractivity (Wildman–Crippen MR) is 62.5 cm³/mol. The Bertz CT molecular complexity index is 166. The maximum Gasteiger partial charge on any atom is 0.0246 e. The van der Waals surface area contributed by atoms with Gasteiger partial charge in [0.25, 0.3) is 0 Å². The fraction of sp³-hybridized carbons (Fsp3) is 1.00. The molecule has 84 valence electrons. The molecule has 0 unspecified atom stereocenters. The summed E-state index contributed by atoms with van der Waals surface area (Å²) in [7, 11) is 2.24. The Morgan fingerprint density at radius 2 is 1.79 bits per heavy atom. The van der Waals surface area contributed by atoms with Crippen LogP contribution in [0.25, 0.3) is 0 Å². The number of hydrogen-bond acceptors (Lipinski definition) is 2. The molecule has 0 aromatic rings. The van der Waals surface area contributed by atoms with E-state index in [1.807, 2.05) is 0 Å². The first-order chi connectivity index (χ1) is 6.50. The molecular weight excluding hydrogens is 172 g/mol. The molecule has 0 bridgehead atoms. The van der Waals surface area contributed by atoms with Crippen molar-refractivity contribution in [1.29, 1.82) is 0 Å². The molecule has 1 rings (SSSR count). The van der Waals surface area contributed by atoms with Crippen LogP contribution in [0.15, 0.2) is 0 Å². The average Bonchev–Trinajstić information content (AvgIpc) is 2.07. The van der Waals surface area contributed by atoms with Gasteiger partial charge < -0.3 is 4.90 Å². The van der Waals surface area contributed by atoms with Gasteiger partial charge in [0.1, 0.15) is 0 Å². The van der Waals surface area contributed by atoms with Gasteiger partial charge >= 0.3 is 0 Å². The average molecular weight is 198 g/mol. The van der Waals surface area contributed by atoms with E-state index in [1.54, 1.807) is 0 Å². The Morgan fingerprint density at radius 3 is 2.29 bits per heavy atom. The molecule has 2 nitrogen and oxygen atoms in total. The van der Waals surface area contributed by atoms with E-state index in [9.17, 15) is 0 Å². The molecule has 0 amide bonds. The number of hydrogen-bond donors (Lipinski definition) is 0. The van der Waals surface area contributed by atoms with Crippen molar-refractivity contribution in [3.05, 3.63) is 0 Å². The molecule has 1 atom stereocenters. The topological polar surface area (TPSA) is 6.48 Å². The number of rotatable bonds is 3. The first-order valence-electron chi connectivity index (χ1n) is 5.93. The van der Waals surface area contributed by atoms with Crippen molar-refractivity contribution >= 4 is 0 Å². The molecule has 1 aliphatic rings. The van der Waals surface area contributed by atoms with Gasteiger partial charge in [-0.2, -0.15) is 0 Å². The highest BCUT2D eigenvalue weighted by Crippen LogP contribution is 2.17. The smallest absolute Gasteiger partial charge is 0.0246 e. The van der Waals surface area contributed by atoms with Crippen LogP contribution >= 0.6 is 0 Å². The highest BCUT2D eigenvalue weighted by Gasteiger charge is 2.27. The van der Waals surface area contributed by atoms with Crippen molar-refractivity contribution in [3.63, 3.8) is 0 Å². The van der Waals surface area contributed by atoms with Gasteiger partial charge in [-0.3, -0.25) is 4.90 Å². The second-order valence-corrected chi connectivity index (χ2v) is 5.46. The highest BCUT2D eigenvalue weighted by atomic mass is 15.3. The molecule has 0 aromatic heterocycles. The van der Waals surface area contributed by atoms with Crippen LogP contribution in [-0.2, 0) is 0 Å². The van der Waals surface area contributed by atoms with Gasteiger partial charge in [0.05, 0.1) is 0 Å². The summed E-state index contributed by atoms with van der Waals surface area (Å²) >= 11 is 0. The van der Waals surface area contributed by atoms with Crippen LogP contribution in [0.2, 0.25) is 0 Å². The summed E-state index contributed by atoms with van der Waals surface area (Å²) in [5.41, 5.74) is 0. The number of piperazine rings is 1. The lowest BCUT2D eigenvalue weighted by Gasteiger charge is -2.43. The van der Waals surface area contributed by atoms with Crippen molar-refractivity contribution < 1.29 is 0 Å². The van der Waals surface area contributed by atoms with Crippen LogP contribution in [0.3, 0.4) is 0 Å². The van der Waals surface area contributed by atoms with Gasteiger partial charge in [-0.25, -0.2) is 0 Å². The summed E-state index contributed by atoms with van der Waals surface area (Å²) in [5, 5.41) is 0. The first-order valence-corrected chi connectivity index (χ1v) is 5.93. The summed E-state index contributed by atoms with van der Waals surface area (Å²) in [6.07, 6.45) is 0. The van der Waals surface area contributed by atoms with E-state index in [1.165, 1.54) is 26.2 Å². The maximum atomic E-state index is 2.68. The number of likely N-dealkylation sites (N-methyl/N-ethyl adjacent to an activating group) is 1. The van der Waals surface area contributed by atoms with E-state index in [0.29, 0.717) is 0 Å². The van der Waals surface area contributed by atoms with Crippen molar-refractivity contribution in [2.75, 3.05) is 33.2 Å². The van der Waals surface area contributed by atoms with Gasteiger partial charge in [-0.15, -0.1) is 0 Å². The minimum atomic E-state index is 0.760. The van der Waals surface area contributed by atoms with Crippen LogP contribution in [-0.4, -0.2) is 49.1 Å². The fourth-order valence-corrected chi connectivity index (χ4v) is 2.32. The normalized spacial score (nSPS) is 26.4. The highest BCUT2D eigenvalue weighted by molar-refractivity contribution is 4.83. The van der Waals surface area contributed by atoms with E-state index >= 15 is 0 Å². The van der Waals surface area contributed by atoms with E-state index in [-0.39, 0.29) is 0 Å². The molecule has 1 heterocycles. The standard InChI is InChI=1S/C12H26N2/c1-10(2)8-14-7-6-13(5)9-12(14)11(3)4/h10-12H,6-9H2,1-5H3/t12-/m1/s1. The minimum Gasteiger partial charge on any atom is -0.304 e. The molecule has 1 fully saturated rings. The Hall–Kier alpha value is -0.0800. The zero-order valence-corrected chi connectivity index (χ0v) is 10.5. The molecule has 2 heteroatoms. The third kappa shape index (κ3) is 3.25. The Morgan fingerprint density at radius 1 is 1.14 bits per heavy atom. The monoisotopic (exact) mass is 198 g/mol. The summed E-state index contributed by atoms with van der Waals surface area (Å²) in [6, 6.07) is 0.760. The van der Waals surface area contributed by atoms with Crippen LogP contribution in [0, 0.1) is 11.8 Å². The van der Waals surface area contributed by atoms with Crippen LogP contribution in [0.4, 0.5) is 0 Å². The second-order valence-electron chi connectivity index (χ2n) is 5.46. The second kappa shape index (κ2) is 5.13. The zero-order valence-electron chi connectivity index (χ0n) is 10.5. The summed E-state index contributed by atoms with van der Waals surface area (Å²) in [5.74, 6) is 1.57. The van der Waals surface area contributed by atoms with Gasteiger partial charge in [-0.1, -0.05) is 27.7 Å². The van der Waals surface area contributed by atoms with Crippen molar-refractivity contribution in [3.8, 4) is 0 Å². The van der Waals surface area contributed by atoms with Crippen LogP contribution < -0.4 is 0 Å². The minimum absolute atomic E-state index is 0.760. The molecule has 0 saturated carbocycles. The number of nitrogens with zero attached hydrogens (tertiary/aromatic N) is 2. The molecule has 0 aliphatic carbocycles. The van der Waals surface area contributed by atoms with Crippen molar-refractivity contribution in [1.82, 2.24) is 9.80 Å². The van der Waals surface area contributed by atoms with E-state index in [2.05, 4.69) is 44.5 Å². The van der Waals surface area contributed by atoms with Gasteiger partial charge in [0, 0.05) is 32.2 Å². The SMILES string of the molecule is CC(C)CN1CCN(C)C[C@@H]1C(C)C. The van der Waals surface area contributed by atoms with Gasteiger partial charge in [0.15, 0.2) is 0 Å². The Balaban J connectivity index is 2.53. The first kappa shape index (κ1) is 12.0. The molecule has 0 radical (unpaired) electrons. The molecule has 0 N–H and O–H groups in total. The van der Waals surface area contributed by atoms with Gasteiger partial charge in [0.2, 0.25) is 0 Å². The lowest BCUT2D eigenvalue weighted by molar-refractivity contribution is 0.0543. The van der Waals surface area contributed by atoms with Crippen LogP contribution in [0.1, 0.15) is 27.7 Å². The summed E-state index contributed by atoms with van der Waals surface area (Å²) < 4.78 is 0. The molecule has 0 aromatic carbocycles. The van der Waals surface area contributed by atoms with Crippen LogP contribution in [0.5, 0.6) is 0 Å². The van der Waals surface area contributed by atoms with Gasteiger partial charge in [-0.05, 0) is 18.9 Å². The molecule has 1 aliphatic heterocycles. The quantitative estimate of drug-likeness (QED) is 0.683. The molecular formula is C12H26N2. The fourth-order valence-electron chi connectivity index (χ4n) is 2.32. The Kier molecular flexibility index (Phi) is 4.39. The Labute approximate surface area is 89.3 Å². The van der Waals surface area contributed by atoms with E-state index in [0.717, 1.165) is 17.9 Å². The third-order valence-corrected chi connectivity index (χ3v) is 3.11. The van der Waals surface area contributed by atoms with Crippen molar-refractivity contribution in [2.24, 2.45) is 11.8 Å². The lowest BCUT2D eigenvalue weighted by atomic mass is 9.98. The van der Waals surface area contributed by atoms with Crippen molar-refractivity contribution in [2.45, 2.75) is 33.7 Å². The summed E-state index contributed by atoms with van der Waals surface area (Å²) in [4.78, 5) is 5.14. The molecule has 0 spiro atoms. The van der Waals surface area contributed by atoms with E-state index < -0.39 is 0 Å². The third-order valence-electron chi connectivity index (χ3n) is 3.11. The van der Waals surface area contributed by atoms with E-state index in [4.69, 9.17) is 0 Å². The predicted octanol–water partition coefficient (Wildman–Crippen LogP) is 1.91. The largest absolute Gasteiger partial charge is 0.304 e.